The van der Waals surface area contributed by atoms with E-state index in [1.807, 2.05) is 24.3 Å². The predicted octanol–water partition coefficient (Wildman–Crippen LogP) is 3.73. The minimum Gasteiger partial charge on any atom is -0.398 e. The molecule has 0 unspecified atom stereocenters. The van der Waals surface area contributed by atoms with Crippen LogP contribution in [0.3, 0.4) is 0 Å². The summed E-state index contributed by atoms with van der Waals surface area (Å²) in [7, 11) is 0. The maximum Gasteiger partial charge on any atom is 0.0456 e. The van der Waals surface area contributed by atoms with Crippen molar-refractivity contribution in [2.45, 2.75) is 9.79 Å². The molecule has 90 valence electrons. The molecule has 0 saturated carbocycles. The van der Waals surface area contributed by atoms with Gasteiger partial charge in [0.2, 0.25) is 0 Å². The van der Waals surface area contributed by atoms with Crippen LogP contribution in [0, 0.1) is 0 Å². The topological polar surface area (TPSA) is 52.0 Å². The molecule has 0 saturated heterocycles. The van der Waals surface area contributed by atoms with Gasteiger partial charge in [-0.05, 0) is 57.9 Å². The molecule has 0 heterocycles. The van der Waals surface area contributed by atoms with Gasteiger partial charge in [0.25, 0.3) is 0 Å². The van der Waals surface area contributed by atoms with Crippen molar-refractivity contribution in [2.24, 2.45) is 0 Å². The first-order valence-electron chi connectivity index (χ1n) is 5.49. The zero-order valence-electron chi connectivity index (χ0n) is 9.51. The van der Waals surface area contributed by atoms with Crippen molar-refractivity contribution in [3.63, 3.8) is 0 Å². The van der Waals surface area contributed by atoms with E-state index >= 15 is 0 Å². The van der Waals surface area contributed by atoms with Gasteiger partial charge in [0.05, 0.1) is 0 Å². The van der Waals surface area contributed by atoms with Gasteiger partial charge in [-0.15, -0.1) is 25.3 Å². The minimum absolute atomic E-state index is 0.684. The number of hydrogen-bond donors (Lipinski definition) is 4. The van der Waals surface area contributed by atoms with Crippen LogP contribution < -0.4 is 11.5 Å². The molecule has 0 bridgehead atoms. The molecule has 4 heteroatoms. The first kappa shape index (κ1) is 11.6. The van der Waals surface area contributed by atoms with Gasteiger partial charge < -0.3 is 11.5 Å². The van der Waals surface area contributed by atoms with Crippen LogP contribution >= 0.6 is 25.3 Å². The molecule has 0 aliphatic rings. The maximum absolute atomic E-state index is 5.87. The minimum atomic E-state index is 0.684. The van der Waals surface area contributed by atoms with Crippen LogP contribution in [0.25, 0.3) is 21.5 Å². The number of nitrogen functional groups attached to an aromatic ring is 2. The Kier molecular flexibility index (Phi) is 2.57. The maximum atomic E-state index is 5.87. The summed E-state index contributed by atoms with van der Waals surface area (Å²) in [5.41, 5.74) is 13.1. The van der Waals surface area contributed by atoms with E-state index in [1.165, 1.54) is 0 Å². The second-order valence-corrected chi connectivity index (χ2v) is 5.33. The molecule has 0 spiro atoms. The highest BCUT2D eigenvalue weighted by molar-refractivity contribution is 7.80. The number of hydrogen-bond acceptors (Lipinski definition) is 4. The first-order chi connectivity index (χ1) is 8.54. The molecule has 18 heavy (non-hydrogen) atoms. The highest BCUT2D eigenvalue weighted by Gasteiger charge is 2.04. The largest absolute Gasteiger partial charge is 0.398 e. The van der Waals surface area contributed by atoms with Gasteiger partial charge in [-0.1, -0.05) is 0 Å². The second kappa shape index (κ2) is 4.00. The Morgan fingerprint density at radius 2 is 0.889 bits per heavy atom. The average Bonchev–Trinajstić information content (AvgIpc) is 2.31. The van der Waals surface area contributed by atoms with Crippen molar-refractivity contribution in [1.82, 2.24) is 0 Å². The quantitative estimate of drug-likeness (QED) is 0.286. The monoisotopic (exact) mass is 272 g/mol. The van der Waals surface area contributed by atoms with Crippen molar-refractivity contribution in [3.05, 3.63) is 36.4 Å². The predicted molar refractivity (Wildman–Crippen MR) is 84.8 cm³/mol. The highest BCUT2D eigenvalue weighted by atomic mass is 32.1. The Morgan fingerprint density at radius 1 is 0.556 bits per heavy atom. The zero-order valence-corrected chi connectivity index (χ0v) is 11.3. The van der Waals surface area contributed by atoms with E-state index in [2.05, 4.69) is 37.4 Å². The van der Waals surface area contributed by atoms with Gasteiger partial charge in [0.15, 0.2) is 0 Å². The van der Waals surface area contributed by atoms with E-state index in [1.54, 1.807) is 0 Å². The summed E-state index contributed by atoms with van der Waals surface area (Å²) in [5.74, 6) is 0. The smallest absolute Gasteiger partial charge is 0.0456 e. The van der Waals surface area contributed by atoms with Crippen LogP contribution in [0.2, 0.25) is 0 Å². The van der Waals surface area contributed by atoms with Crippen LogP contribution in [0.15, 0.2) is 46.2 Å². The van der Waals surface area contributed by atoms with Crippen molar-refractivity contribution >= 4 is 58.2 Å². The Bertz CT molecular complexity index is 653. The number of fused-ring (bicyclic) bond motifs is 2. The molecule has 3 aromatic rings. The lowest BCUT2D eigenvalue weighted by atomic mass is 10.0. The van der Waals surface area contributed by atoms with E-state index in [4.69, 9.17) is 11.5 Å². The summed E-state index contributed by atoms with van der Waals surface area (Å²) < 4.78 is 0. The molecular formula is C14H12N2S2. The lowest BCUT2D eigenvalue weighted by Gasteiger charge is -2.07. The van der Waals surface area contributed by atoms with Crippen molar-refractivity contribution in [3.8, 4) is 0 Å². The molecule has 0 amide bonds. The zero-order chi connectivity index (χ0) is 12.9. The summed E-state index contributed by atoms with van der Waals surface area (Å²) in [6, 6.07) is 12.0. The highest BCUT2D eigenvalue weighted by Crippen LogP contribution is 2.31. The number of thiol groups is 2. The van der Waals surface area contributed by atoms with Gasteiger partial charge in [-0.2, -0.15) is 0 Å². The Morgan fingerprint density at radius 3 is 1.28 bits per heavy atom. The summed E-state index contributed by atoms with van der Waals surface area (Å²) in [4.78, 5) is 1.59. The number of nitrogens with two attached hydrogens (primary N) is 2. The van der Waals surface area contributed by atoms with Gasteiger partial charge >= 0.3 is 0 Å². The number of anilines is 2. The average molecular weight is 272 g/mol. The fraction of sp³-hybridized carbons (Fsp3) is 0. The van der Waals surface area contributed by atoms with Gasteiger partial charge in [-0.25, -0.2) is 0 Å². The lowest BCUT2D eigenvalue weighted by Crippen LogP contribution is -1.89. The van der Waals surface area contributed by atoms with Crippen LogP contribution in [0.1, 0.15) is 0 Å². The summed E-state index contributed by atoms with van der Waals surface area (Å²) in [5, 5.41) is 4.40. The molecule has 0 aliphatic carbocycles. The summed E-state index contributed by atoms with van der Waals surface area (Å²) >= 11 is 8.69. The molecule has 0 radical (unpaired) electrons. The molecule has 0 aliphatic heterocycles. The molecule has 4 N–H and O–H groups in total. The molecule has 0 aromatic heterocycles. The Hall–Kier alpha value is -1.52. The van der Waals surface area contributed by atoms with E-state index in [0.717, 1.165) is 31.3 Å². The fourth-order valence-corrected chi connectivity index (χ4v) is 2.52. The number of rotatable bonds is 0. The van der Waals surface area contributed by atoms with E-state index < -0.39 is 0 Å². The molecule has 0 fully saturated rings. The lowest BCUT2D eigenvalue weighted by molar-refractivity contribution is 1.51. The molecule has 0 atom stereocenters. The van der Waals surface area contributed by atoms with Crippen LogP contribution in [0.4, 0.5) is 11.4 Å². The second-order valence-electron chi connectivity index (χ2n) is 4.37. The molecule has 3 aromatic carbocycles. The molecular weight excluding hydrogens is 260 g/mol. The first-order valence-corrected chi connectivity index (χ1v) is 6.38. The van der Waals surface area contributed by atoms with Gasteiger partial charge in [-0.3, -0.25) is 0 Å². The summed E-state index contributed by atoms with van der Waals surface area (Å²) in [6.07, 6.45) is 0. The van der Waals surface area contributed by atoms with Crippen molar-refractivity contribution < 1.29 is 0 Å². The van der Waals surface area contributed by atoms with Crippen molar-refractivity contribution in [1.29, 1.82) is 0 Å². The number of benzene rings is 3. The fourth-order valence-electron chi connectivity index (χ4n) is 2.11. The Balaban J connectivity index is 2.43. The third kappa shape index (κ3) is 1.78. The third-order valence-electron chi connectivity index (χ3n) is 3.09. The summed E-state index contributed by atoms with van der Waals surface area (Å²) in [6.45, 7) is 0. The van der Waals surface area contributed by atoms with E-state index in [-0.39, 0.29) is 0 Å². The van der Waals surface area contributed by atoms with Gasteiger partial charge in [0, 0.05) is 21.2 Å². The van der Waals surface area contributed by atoms with Crippen LogP contribution in [0.5, 0.6) is 0 Å². The Labute approximate surface area is 116 Å². The normalized spacial score (nSPS) is 11.2. The van der Waals surface area contributed by atoms with E-state index in [0.29, 0.717) is 11.4 Å². The van der Waals surface area contributed by atoms with Crippen molar-refractivity contribution in [2.75, 3.05) is 11.5 Å². The molecule has 3 rings (SSSR count). The van der Waals surface area contributed by atoms with Gasteiger partial charge in [0.1, 0.15) is 0 Å². The van der Waals surface area contributed by atoms with Crippen LogP contribution in [-0.2, 0) is 0 Å². The van der Waals surface area contributed by atoms with E-state index in [9.17, 15) is 0 Å². The van der Waals surface area contributed by atoms with Crippen LogP contribution in [-0.4, -0.2) is 0 Å². The standard InChI is InChI=1S/C14H12N2S2/c15-11-3-7-1-8-4-12(16)14(18)6-10(8)2-9(7)5-13(11)17/h1-6,17-18H,15-16H2. The molecule has 2 nitrogen and oxygen atoms in total. The third-order valence-corrected chi connectivity index (χ3v) is 3.86. The SMILES string of the molecule is Nc1cc2cc3cc(N)c(S)cc3cc2cc1S.